The quantitative estimate of drug-likeness (QED) is 0.800. The van der Waals surface area contributed by atoms with Crippen molar-refractivity contribution in [3.05, 3.63) is 54.2 Å². The fourth-order valence-electron chi connectivity index (χ4n) is 2.22. The van der Waals surface area contributed by atoms with Crippen molar-refractivity contribution >= 4 is 11.0 Å². The second-order valence-electron chi connectivity index (χ2n) is 5.25. The van der Waals surface area contributed by atoms with E-state index in [1.54, 1.807) is 23.2 Å². The number of hydrogen-bond acceptors (Lipinski definition) is 3. The number of fused-ring (bicyclic) bond motifs is 1. The van der Waals surface area contributed by atoms with Crippen molar-refractivity contribution in [3.63, 3.8) is 0 Å². The van der Waals surface area contributed by atoms with Crippen LogP contribution in [0.15, 0.2) is 42.9 Å². The number of nitrogens with one attached hydrogen (secondary N) is 1. The standard InChI is InChI=1S/C16H17FN4/c1-11(2)19-9-12-7-8-18-16(15(12)17)21-10-20-13-5-3-4-6-14(13)21/h3-8,10-11,19H,9H2,1-2H3. The highest BCUT2D eigenvalue weighted by molar-refractivity contribution is 5.76. The summed E-state index contributed by atoms with van der Waals surface area (Å²) in [5.74, 6) is -0.0273. The Hall–Kier alpha value is -2.27. The summed E-state index contributed by atoms with van der Waals surface area (Å²) in [6.07, 6.45) is 3.24. The summed E-state index contributed by atoms with van der Waals surface area (Å²) in [6, 6.07) is 9.62. The highest BCUT2D eigenvalue weighted by atomic mass is 19.1. The normalized spacial score (nSPS) is 11.4. The van der Waals surface area contributed by atoms with Gasteiger partial charge in [-0.05, 0) is 18.2 Å². The zero-order chi connectivity index (χ0) is 14.8. The third-order valence-corrected chi connectivity index (χ3v) is 3.33. The lowest BCUT2D eigenvalue weighted by Gasteiger charge is -2.11. The first kappa shape index (κ1) is 13.7. The number of rotatable bonds is 4. The van der Waals surface area contributed by atoms with Crippen LogP contribution in [0, 0.1) is 5.82 Å². The summed E-state index contributed by atoms with van der Waals surface area (Å²) in [5.41, 5.74) is 2.27. The van der Waals surface area contributed by atoms with E-state index in [4.69, 9.17) is 0 Å². The maximum atomic E-state index is 14.7. The molecule has 3 rings (SSSR count). The van der Waals surface area contributed by atoms with Gasteiger partial charge in [0.25, 0.3) is 0 Å². The number of pyridine rings is 1. The molecule has 0 aliphatic heterocycles. The fourth-order valence-corrected chi connectivity index (χ4v) is 2.22. The third kappa shape index (κ3) is 2.64. The first-order valence-electron chi connectivity index (χ1n) is 6.96. The molecule has 0 aliphatic rings. The molecule has 0 saturated heterocycles. The van der Waals surface area contributed by atoms with Crippen LogP contribution in [0.25, 0.3) is 16.9 Å². The van der Waals surface area contributed by atoms with Crippen molar-refractivity contribution in [2.75, 3.05) is 0 Å². The highest BCUT2D eigenvalue weighted by Gasteiger charge is 2.13. The maximum absolute atomic E-state index is 14.7. The Kier molecular flexibility index (Phi) is 3.66. The first-order valence-corrected chi connectivity index (χ1v) is 6.96. The molecule has 4 nitrogen and oxygen atoms in total. The molecule has 21 heavy (non-hydrogen) atoms. The highest BCUT2D eigenvalue weighted by Crippen LogP contribution is 2.20. The lowest BCUT2D eigenvalue weighted by Crippen LogP contribution is -2.22. The number of nitrogens with zero attached hydrogens (tertiary/aromatic N) is 3. The molecule has 2 aromatic heterocycles. The Bertz CT molecular complexity index is 764. The Labute approximate surface area is 122 Å². The maximum Gasteiger partial charge on any atom is 0.175 e. The van der Waals surface area contributed by atoms with Crippen molar-refractivity contribution < 1.29 is 4.39 Å². The molecule has 5 heteroatoms. The molecule has 108 valence electrons. The van der Waals surface area contributed by atoms with E-state index >= 15 is 0 Å². The summed E-state index contributed by atoms with van der Waals surface area (Å²) in [6.45, 7) is 4.54. The van der Waals surface area contributed by atoms with E-state index in [0.717, 1.165) is 11.0 Å². The Morgan fingerprint density at radius 1 is 1.19 bits per heavy atom. The van der Waals surface area contributed by atoms with Gasteiger partial charge < -0.3 is 5.32 Å². The lowest BCUT2D eigenvalue weighted by molar-refractivity contribution is 0.546. The number of para-hydroxylation sites is 2. The minimum Gasteiger partial charge on any atom is -0.310 e. The van der Waals surface area contributed by atoms with Crippen LogP contribution in [-0.2, 0) is 6.54 Å². The van der Waals surface area contributed by atoms with Gasteiger partial charge >= 0.3 is 0 Å². The topological polar surface area (TPSA) is 42.7 Å². The van der Waals surface area contributed by atoms with E-state index in [-0.39, 0.29) is 11.6 Å². The molecule has 0 radical (unpaired) electrons. The molecule has 1 N–H and O–H groups in total. The smallest absolute Gasteiger partial charge is 0.175 e. The predicted octanol–water partition coefficient (Wildman–Crippen LogP) is 3.06. The molecule has 1 aromatic carbocycles. The lowest BCUT2D eigenvalue weighted by atomic mass is 10.2. The van der Waals surface area contributed by atoms with Gasteiger partial charge in [-0.15, -0.1) is 0 Å². The molecule has 0 aliphatic carbocycles. The minimum atomic E-state index is -0.311. The third-order valence-electron chi connectivity index (χ3n) is 3.33. The van der Waals surface area contributed by atoms with Gasteiger partial charge in [-0.2, -0.15) is 0 Å². The van der Waals surface area contributed by atoms with Crippen LogP contribution in [0.4, 0.5) is 4.39 Å². The van der Waals surface area contributed by atoms with Crippen molar-refractivity contribution in [1.82, 2.24) is 19.9 Å². The second-order valence-corrected chi connectivity index (χ2v) is 5.25. The molecule has 0 spiro atoms. The van der Waals surface area contributed by atoms with Gasteiger partial charge in [0.2, 0.25) is 0 Å². The predicted molar refractivity (Wildman–Crippen MR) is 80.8 cm³/mol. The van der Waals surface area contributed by atoms with Crippen LogP contribution >= 0.6 is 0 Å². The van der Waals surface area contributed by atoms with Gasteiger partial charge in [0, 0.05) is 24.3 Å². The van der Waals surface area contributed by atoms with E-state index < -0.39 is 0 Å². The van der Waals surface area contributed by atoms with Crippen molar-refractivity contribution in [3.8, 4) is 5.82 Å². The molecule has 0 amide bonds. The number of hydrogen-bond donors (Lipinski definition) is 1. The zero-order valence-electron chi connectivity index (χ0n) is 12.0. The van der Waals surface area contributed by atoms with Gasteiger partial charge in [0.1, 0.15) is 6.33 Å². The SMILES string of the molecule is CC(C)NCc1ccnc(-n2cnc3ccccc32)c1F. The number of aromatic nitrogens is 3. The Balaban J connectivity index is 2.04. The van der Waals surface area contributed by atoms with Gasteiger partial charge in [-0.25, -0.2) is 14.4 Å². The minimum absolute atomic E-state index is 0.284. The van der Waals surface area contributed by atoms with E-state index in [1.807, 2.05) is 38.1 Å². The van der Waals surface area contributed by atoms with Crippen LogP contribution in [-0.4, -0.2) is 20.6 Å². The summed E-state index contributed by atoms with van der Waals surface area (Å²) < 4.78 is 16.3. The number of halogens is 1. The first-order chi connectivity index (χ1) is 10.2. The van der Waals surface area contributed by atoms with Crippen LogP contribution < -0.4 is 5.32 Å². The Morgan fingerprint density at radius 2 is 2.00 bits per heavy atom. The van der Waals surface area contributed by atoms with Gasteiger partial charge in [0.15, 0.2) is 11.6 Å². The van der Waals surface area contributed by atoms with E-state index in [0.29, 0.717) is 18.2 Å². The molecular weight excluding hydrogens is 267 g/mol. The van der Waals surface area contributed by atoms with Crippen molar-refractivity contribution in [2.45, 2.75) is 26.4 Å². The summed E-state index contributed by atoms with van der Waals surface area (Å²) in [7, 11) is 0. The molecule has 0 saturated carbocycles. The number of imidazole rings is 1. The molecular formula is C16H17FN4. The summed E-state index contributed by atoms with van der Waals surface area (Å²) in [4.78, 5) is 8.46. The molecule has 0 bridgehead atoms. The zero-order valence-corrected chi connectivity index (χ0v) is 12.0. The average molecular weight is 284 g/mol. The monoisotopic (exact) mass is 284 g/mol. The Morgan fingerprint density at radius 3 is 2.81 bits per heavy atom. The van der Waals surface area contributed by atoms with Crippen LogP contribution in [0.2, 0.25) is 0 Å². The largest absolute Gasteiger partial charge is 0.310 e. The van der Waals surface area contributed by atoms with Crippen LogP contribution in [0.3, 0.4) is 0 Å². The molecule has 0 atom stereocenters. The van der Waals surface area contributed by atoms with Gasteiger partial charge in [0.05, 0.1) is 11.0 Å². The molecule has 2 heterocycles. The molecule has 0 unspecified atom stereocenters. The summed E-state index contributed by atoms with van der Waals surface area (Å²) >= 11 is 0. The second kappa shape index (κ2) is 5.61. The average Bonchev–Trinajstić information content (AvgIpc) is 2.90. The van der Waals surface area contributed by atoms with Crippen molar-refractivity contribution in [2.24, 2.45) is 0 Å². The van der Waals surface area contributed by atoms with Crippen molar-refractivity contribution in [1.29, 1.82) is 0 Å². The van der Waals surface area contributed by atoms with Crippen LogP contribution in [0.5, 0.6) is 0 Å². The fraction of sp³-hybridized carbons (Fsp3) is 0.250. The summed E-state index contributed by atoms with van der Waals surface area (Å²) in [5, 5.41) is 3.22. The van der Waals surface area contributed by atoms with E-state index in [9.17, 15) is 4.39 Å². The van der Waals surface area contributed by atoms with Gasteiger partial charge in [-0.1, -0.05) is 26.0 Å². The van der Waals surface area contributed by atoms with E-state index in [2.05, 4.69) is 15.3 Å². The van der Waals surface area contributed by atoms with E-state index in [1.165, 1.54) is 0 Å². The number of benzene rings is 1. The van der Waals surface area contributed by atoms with Gasteiger partial charge in [-0.3, -0.25) is 4.57 Å². The molecule has 3 aromatic rings. The van der Waals surface area contributed by atoms with Crippen LogP contribution in [0.1, 0.15) is 19.4 Å². The molecule has 0 fully saturated rings.